The number of nitro groups is 1. The number of benzene rings is 1. The predicted octanol–water partition coefficient (Wildman–Crippen LogP) is 7.14. The lowest BCUT2D eigenvalue weighted by Gasteiger charge is -2.38. The minimum absolute atomic E-state index is 0.0166. The first-order valence-electron chi connectivity index (χ1n) is 10.4. The number of nitrogens with zero attached hydrogens (tertiary/aromatic N) is 1. The standard InChI is InChI=1S/C21H32NO6PS2/c1-7-26-29(25,27-8-2)19-17(15-10-12-16(13-11-15)22(23)24)14-18(28-21(4,5)6)31-20(19)30-9-3/h10-13,17-18H,7-9,14H2,1-6H3/t17-,18-/m0/s1. The monoisotopic (exact) mass is 489 g/mol. The van der Waals surface area contributed by atoms with Gasteiger partial charge in [0.25, 0.3) is 5.69 Å². The molecule has 1 aromatic rings. The van der Waals surface area contributed by atoms with E-state index in [0.717, 1.165) is 15.6 Å². The molecule has 0 aromatic heterocycles. The molecule has 174 valence electrons. The normalized spacial score (nSPS) is 20.2. The first-order chi connectivity index (χ1) is 14.5. The highest BCUT2D eigenvalue weighted by atomic mass is 32.2. The molecule has 0 N–H and O–H groups in total. The molecule has 0 unspecified atom stereocenters. The molecule has 0 aliphatic carbocycles. The maximum absolute atomic E-state index is 13.9. The second kappa shape index (κ2) is 11.3. The molecule has 0 bridgehead atoms. The van der Waals surface area contributed by atoms with Gasteiger partial charge in [-0.25, -0.2) is 0 Å². The molecule has 0 amide bonds. The fourth-order valence-corrected chi connectivity index (χ4v) is 8.86. The molecule has 0 fully saturated rings. The highest BCUT2D eigenvalue weighted by Crippen LogP contribution is 2.67. The van der Waals surface area contributed by atoms with Gasteiger partial charge >= 0.3 is 7.60 Å². The molecule has 2 atom stereocenters. The minimum Gasteiger partial charge on any atom is -0.362 e. The van der Waals surface area contributed by atoms with Crippen LogP contribution in [0.5, 0.6) is 0 Å². The van der Waals surface area contributed by atoms with Crippen LogP contribution in [-0.2, 0) is 18.3 Å². The van der Waals surface area contributed by atoms with Crippen molar-refractivity contribution >= 4 is 36.8 Å². The second-order valence-corrected chi connectivity index (χ2v) is 12.5. The van der Waals surface area contributed by atoms with Crippen molar-refractivity contribution < 1.29 is 23.3 Å². The number of ether oxygens (including phenoxy) is 1. The predicted molar refractivity (Wildman–Crippen MR) is 129 cm³/mol. The van der Waals surface area contributed by atoms with Gasteiger partial charge in [0.15, 0.2) is 0 Å². The van der Waals surface area contributed by atoms with Crippen LogP contribution in [-0.4, -0.2) is 34.9 Å². The lowest BCUT2D eigenvalue weighted by atomic mass is 9.95. The van der Waals surface area contributed by atoms with Gasteiger partial charge < -0.3 is 13.8 Å². The molecule has 1 aromatic carbocycles. The van der Waals surface area contributed by atoms with E-state index in [2.05, 4.69) is 0 Å². The van der Waals surface area contributed by atoms with Gasteiger partial charge in [-0.2, -0.15) is 0 Å². The van der Waals surface area contributed by atoms with E-state index in [1.54, 1.807) is 49.5 Å². The first-order valence-corrected chi connectivity index (χ1v) is 13.8. The van der Waals surface area contributed by atoms with Crippen LogP contribution in [0.1, 0.15) is 59.4 Å². The fraction of sp³-hybridized carbons (Fsp3) is 0.619. The van der Waals surface area contributed by atoms with E-state index < -0.39 is 12.5 Å². The smallest absolute Gasteiger partial charge is 0.359 e. The third kappa shape index (κ3) is 7.07. The lowest BCUT2D eigenvalue weighted by Crippen LogP contribution is -2.29. The maximum atomic E-state index is 13.9. The van der Waals surface area contributed by atoms with Gasteiger partial charge in [-0.05, 0) is 52.4 Å². The largest absolute Gasteiger partial charge is 0.362 e. The van der Waals surface area contributed by atoms with Crippen LogP contribution >= 0.6 is 31.1 Å². The van der Waals surface area contributed by atoms with Crippen molar-refractivity contribution in [3.8, 4) is 0 Å². The van der Waals surface area contributed by atoms with Crippen LogP contribution in [0.15, 0.2) is 33.8 Å². The van der Waals surface area contributed by atoms with Gasteiger partial charge in [-0.1, -0.05) is 30.8 Å². The van der Waals surface area contributed by atoms with E-state index in [9.17, 15) is 14.7 Å². The van der Waals surface area contributed by atoms with Crippen LogP contribution in [0.3, 0.4) is 0 Å². The summed E-state index contributed by atoms with van der Waals surface area (Å²) in [4.78, 5) is 10.7. The zero-order valence-corrected chi connectivity index (χ0v) is 21.5. The average molecular weight is 490 g/mol. The van der Waals surface area contributed by atoms with E-state index in [1.807, 2.05) is 27.7 Å². The molecule has 0 saturated heterocycles. The number of hydrogen-bond acceptors (Lipinski definition) is 8. The van der Waals surface area contributed by atoms with Crippen molar-refractivity contribution in [2.75, 3.05) is 19.0 Å². The highest BCUT2D eigenvalue weighted by Gasteiger charge is 2.44. The van der Waals surface area contributed by atoms with Gasteiger partial charge in [0, 0.05) is 18.1 Å². The number of rotatable bonds is 10. The average Bonchev–Trinajstić information content (AvgIpc) is 2.67. The molecule has 1 heterocycles. The molecule has 10 heteroatoms. The van der Waals surface area contributed by atoms with Crippen molar-refractivity contribution in [1.82, 2.24) is 0 Å². The van der Waals surface area contributed by atoms with Crippen molar-refractivity contribution in [3.63, 3.8) is 0 Å². The molecule has 0 spiro atoms. The van der Waals surface area contributed by atoms with Crippen LogP contribution in [0.25, 0.3) is 0 Å². The summed E-state index contributed by atoms with van der Waals surface area (Å²) in [5.41, 5.74) is 0.343. The third-order valence-corrected chi connectivity index (χ3v) is 9.39. The molecular formula is C21H32NO6PS2. The molecule has 0 saturated carbocycles. The molecule has 31 heavy (non-hydrogen) atoms. The molecule has 1 aliphatic heterocycles. The summed E-state index contributed by atoms with van der Waals surface area (Å²) < 4.78 is 32.6. The Balaban J connectivity index is 2.63. The zero-order valence-electron chi connectivity index (χ0n) is 19.0. The van der Waals surface area contributed by atoms with E-state index in [0.29, 0.717) is 11.7 Å². The summed E-state index contributed by atoms with van der Waals surface area (Å²) in [6, 6.07) is 6.41. The minimum atomic E-state index is -3.56. The van der Waals surface area contributed by atoms with E-state index in [-0.39, 0.29) is 35.9 Å². The van der Waals surface area contributed by atoms with Gasteiger partial charge in [0.2, 0.25) is 0 Å². The molecule has 1 aliphatic rings. The van der Waals surface area contributed by atoms with E-state index >= 15 is 0 Å². The van der Waals surface area contributed by atoms with E-state index in [4.69, 9.17) is 13.8 Å². The summed E-state index contributed by atoms with van der Waals surface area (Å²) in [6.45, 7) is 12.2. The Morgan fingerprint density at radius 2 is 1.74 bits per heavy atom. The summed E-state index contributed by atoms with van der Waals surface area (Å²) in [5, 5.41) is 11.7. The van der Waals surface area contributed by atoms with Gasteiger partial charge in [-0.3, -0.25) is 14.7 Å². The number of non-ortho nitro benzene ring substituents is 1. The number of hydrogen-bond donors (Lipinski definition) is 0. The summed E-state index contributed by atoms with van der Waals surface area (Å²) >= 11 is 3.15. The lowest BCUT2D eigenvalue weighted by molar-refractivity contribution is -0.384. The van der Waals surface area contributed by atoms with Crippen LogP contribution in [0, 0.1) is 10.1 Å². The fourth-order valence-electron chi connectivity index (χ4n) is 3.32. The zero-order chi connectivity index (χ0) is 23.2. The Kier molecular flexibility index (Phi) is 9.67. The van der Waals surface area contributed by atoms with Crippen molar-refractivity contribution in [2.24, 2.45) is 0 Å². The van der Waals surface area contributed by atoms with Crippen molar-refractivity contribution in [3.05, 3.63) is 49.5 Å². The van der Waals surface area contributed by atoms with E-state index in [1.165, 1.54) is 12.1 Å². The topological polar surface area (TPSA) is 87.9 Å². The molecule has 0 radical (unpaired) electrons. The Labute approximate surface area is 193 Å². The van der Waals surface area contributed by atoms with Crippen LogP contribution in [0.2, 0.25) is 0 Å². The molecule has 2 rings (SSSR count). The summed E-state index contributed by atoms with van der Waals surface area (Å²) in [6.07, 6.45) is 0.562. The van der Waals surface area contributed by atoms with Gasteiger partial charge in [-0.15, -0.1) is 11.8 Å². The maximum Gasteiger partial charge on any atom is 0.359 e. The van der Waals surface area contributed by atoms with Gasteiger partial charge in [0.1, 0.15) is 5.44 Å². The van der Waals surface area contributed by atoms with Crippen molar-refractivity contribution in [2.45, 2.75) is 64.9 Å². The first kappa shape index (κ1) is 26.4. The Hall–Kier alpha value is -0.830. The number of nitro benzene ring substituents is 1. The number of thioether (sulfide) groups is 2. The van der Waals surface area contributed by atoms with Crippen LogP contribution < -0.4 is 0 Å². The Morgan fingerprint density at radius 1 is 1.16 bits per heavy atom. The van der Waals surface area contributed by atoms with Crippen LogP contribution in [0.4, 0.5) is 5.69 Å². The van der Waals surface area contributed by atoms with Crippen molar-refractivity contribution in [1.29, 1.82) is 0 Å². The number of allylic oxidation sites excluding steroid dienone is 1. The quantitative estimate of drug-likeness (QED) is 0.195. The summed E-state index contributed by atoms with van der Waals surface area (Å²) in [5.74, 6) is 0.492. The SMILES string of the molecule is CCOP(=O)(OCC)C1=C(SCC)S[C@H](OC(C)(C)C)C[C@H]1c1ccc([N+](=O)[O-])cc1. The summed E-state index contributed by atoms with van der Waals surface area (Å²) in [7, 11) is -3.56. The molecule has 7 nitrogen and oxygen atoms in total. The Bertz CT molecular complexity index is 827. The highest BCUT2D eigenvalue weighted by molar-refractivity contribution is 8.22. The molecular weight excluding hydrogens is 457 g/mol. The second-order valence-electron chi connectivity index (χ2n) is 7.85. The third-order valence-electron chi connectivity index (χ3n) is 4.37. The Morgan fingerprint density at radius 3 is 2.19 bits per heavy atom. The van der Waals surface area contributed by atoms with Gasteiger partial charge in [0.05, 0.1) is 33.3 Å².